The summed E-state index contributed by atoms with van der Waals surface area (Å²) in [4.78, 5) is 0. The molecule has 0 saturated carbocycles. The second kappa shape index (κ2) is 6.52. The van der Waals surface area contributed by atoms with Crippen molar-refractivity contribution in [2.24, 2.45) is 5.92 Å². The smallest absolute Gasteiger partial charge is 0.00549 e. The third kappa shape index (κ3) is 2.75. The molecular weight excluding hydrogens is 264 g/mol. The Hall–Kier alpha value is -1.82. The van der Waals surface area contributed by atoms with Gasteiger partial charge in [0.25, 0.3) is 0 Å². The molecule has 1 aliphatic carbocycles. The molecule has 0 spiro atoms. The van der Waals surface area contributed by atoms with E-state index in [0.29, 0.717) is 5.92 Å². The van der Waals surface area contributed by atoms with Gasteiger partial charge in [-0.3, -0.25) is 0 Å². The van der Waals surface area contributed by atoms with Gasteiger partial charge in [-0.15, -0.1) is 0 Å². The monoisotopic (exact) mass is 290 g/mol. The number of aryl methyl sites for hydroxylation is 1. The number of rotatable bonds is 5. The van der Waals surface area contributed by atoms with Crippen molar-refractivity contribution < 1.29 is 0 Å². The van der Waals surface area contributed by atoms with Crippen LogP contribution in [-0.4, -0.2) is 0 Å². The third-order valence-corrected chi connectivity index (χ3v) is 4.99. The minimum atomic E-state index is 0.686. The van der Waals surface area contributed by atoms with Crippen molar-refractivity contribution in [3.8, 4) is 11.1 Å². The van der Waals surface area contributed by atoms with E-state index < -0.39 is 0 Å². The quantitative estimate of drug-likeness (QED) is 0.607. The molecule has 0 amide bonds. The molecule has 0 bridgehead atoms. The average Bonchev–Trinajstić information content (AvgIpc) is 2.99. The summed E-state index contributed by atoms with van der Waals surface area (Å²) in [5, 5.41) is 0. The second-order valence-corrected chi connectivity index (χ2v) is 6.49. The predicted octanol–water partition coefficient (Wildman–Crippen LogP) is 6.29. The summed E-state index contributed by atoms with van der Waals surface area (Å²) in [5.41, 5.74) is 8.87. The maximum absolute atomic E-state index is 2.46. The molecule has 114 valence electrons. The minimum Gasteiger partial charge on any atom is -0.0651 e. The molecule has 0 nitrogen and oxygen atoms in total. The molecule has 3 rings (SSSR count). The first-order valence-corrected chi connectivity index (χ1v) is 8.65. The van der Waals surface area contributed by atoms with Crippen molar-refractivity contribution in [2.75, 3.05) is 0 Å². The zero-order valence-corrected chi connectivity index (χ0v) is 14.0. The molecule has 0 aromatic heterocycles. The van der Waals surface area contributed by atoms with E-state index in [1.807, 2.05) is 0 Å². The number of benzene rings is 2. The highest BCUT2D eigenvalue weighted by Crippen LogP contribution is 2.38. The first-order valence-electron chi connectivity index (χ1n) is 8.65. The van der Waals surface area contributed by atoms with Gasteiger partial charge >= 0.3 is 0 Å². The molecule has 1 atom stereocenters. The van der Waals surface area contributed by atoms with Crippen molar-refractivity contribution >= 4 is 6.08 Å². The maximum atomic E-state index is 2.46. The SMILES string of the molecule is CCCc1ccccc1-c1cccc2c1C=C(C(C)CC)C2. The van der Waals surface area contributed by atoms with Crippen LogP contribution < -0.4 is 0 Å². The Morgan fingerprint density at radius 3 is 2.50 bits per heavy atom. The van der Waals surface area contributed by atoms with E-state index >= 15 is 0 Å². The first-order chi connectivity index (χ1) is 10.7. The largest absolute Gasteiger partial charge is 0.0651 e. The summed E-state index contributed by atoms with van der Waals surface area (Å²) in [5.74, 6) is 0.686. The highest BCUT2D eigenvalue weighted by Gasteiger charge is 2.20. The standard InChI is InChI=1S/C22H26/c1-4-9-17-10-6-7-12-20(17)21-13-8-11-18-14-19(15-22(18)21)16(3)5-2/h6-8,10-13,15-16H,4-5,9,14H2,1-3H3. The molecule has 0 saturated heterocycles. The average molecular weight is 290 g/mol. The minimum absolute atomic E-state index is 0.686. The molecule has 22 heavy (non-hydrogen) atoms. The summed E-state index contributed by atoms with van der Waals surface area (Å²) in [7, 11) is 0. The molecule has 0 N–H and O–H groups in total. The number of allylic oxidation sites excluding steroid dienone is 1. The first kappa shape index (κ1) is 15.1. The lowest BCUT2D eigenvalue weighted by molar-refractivity contribution is 0.647. The number of fused-ring (bicyclic) bond motifs is 1. The van der Waals surface area contributed by atoms with Crippen LogP contribution in [0.4, 0.5) is 0 Å². The Bertz CT molecular complexity index is 691. The number of hydrogen-bond acceptors (Lipinski definition) is 0. The Balaban J connectivity index is 2.08. The van der Waals surface area contributed by atoms with Crippen LogP contribution in [0.3, 0.4) is 0 Å². The molecular formula is C22H26. The van der Waals surface area contributed by atoms with Gasteiger partial charge in [-0.2, -0.15) is 0 Å². The molecule has 0 heteroatoms. The van der Waals surface area contributed by atoms with Crippen LogP contribution in [0.2, 0.25) is 0 Å². The van der Waals surface area contributed by atoms with E-state index in [1.165, 1.54) is 40.7 Å². The van der Waals surface area contributed by atoms with Gasteiger partial charge in [0, 0.05) is 0 Å². The van der Waals surface area contributed by atoms with Gasteiger partial charge in [-0.1, -0.05) is 81.3 Å². The Kier molecular flexibility index (Phi) is 4.47. The molecule has 0 aliphatic heterocycles. The second-order valence-electron chi connectivity index (χ2n) is 6.49. The summed E-state index contributed by atoms with van der Waals surface area (Å²) in [6.07, 6.45) is 7.17. The van der Waals surface area contributed by atoms with Crippen molar-refractivity contribution in [2.45, 2.75) is 46.5 Å². The number of hydrogen-bond donors (Lipinski definition) is 0. The van der Waals surface area contributed by atoms with Crippen LogP contribution in [0.1, 0.15) is 50.3 Å². The predicted molar refractivity (Wildman–Crippen MR) is 97.0 cm³/mol. The van der Waals surface area contributed by atoms with E-state index in [0.717, 1.165) is 12.8 Å². The van der Waals surface area contributed by atoms with Gasteiger partial charge in [0.2, 0.25) is 0 Å². The van der Waals surface area contributed by atoms with Crippen LogP contribution in [0.25, 0.3) is 17.2 Å². The maximum Gasteiger partial charge on any atom is -0.00549 e. The topological polar surface area (TPSA) is 0 Å². The summed E-state index contributed by atoms with van der Waals surface area (Å²) >= 11 is 0. The van der Waals surface area contributed by atoms with Crippen LogP contribution in [0.15, 0.2) is 48.0 Å². The molecule has 2 aromatic rings. The molecule has 2 aromatic carbocycles. The molecule has 0 heterocycles. The van der Waals surface area contributed by atoms with Gasteiger partial charge in [-0.05, 0) is 53.0 Å². The molecule has 1 unspecified atom stereocenters. The highest BCUT2D eigenvalue weighted by atomic mass is 14.2. The van der Waals surface area contributed by atoms with Crippen molar-refractivity contribution in [3.63, 3.8) is 0 Å². The lowest BCUT2D eigenvalue weighted by Crippen LogP contribution is -1.97. The van der Waals surface area contributed by atoms with Crippen LogP contribution in [-0.2, 0) is 12.8 Å². The molecule has 1 aliphatic rings. The van der Waals surface area contributed by atoms with Crippen molar-refractivity contribution in [1.29, 1.82) is 0 Å². The third-order valence-electron chi connectivity index (χ3n) is 4.99. The Morgan fingerprint density at radius 1 is 0.955 bits per heavy atom. The fourth-order valence-corrected chi connectivity index (χ4v) is 3.48. The van der Waals surface area contributed by atoms with Crippen LogP contribution in [0, 0.1) is 5.92 Å². The van der Waals surface area contributed by atoms with Crippen LogP contribution >= 0.6 is 0 Å². The van der Waals surface area contributed by atoms with Gasteiger partial charge in [0.15, 0.2) is 0 Å². The van der Waals surface area contributed by atoms with E-state index in [2.05, 4.69) is 69.3 Å². The van der Waals surface area contributed by atoms with Gasteiger partial charge in [0.1, 0.15) is 0 Å². The fraction of sp³-hybridized carbons (Fsp3) is 0.364. The lowest BCUT2D eigenvalue weighted by atomic mass is 9.92. The molecule has 0 fully saturated rings. The van der Waals surface area contributed by atoms with Gasteiger partial charge in [0.05, 0.1) is 0 Å². The van der Waals surface area contributed by atoms with Crippen LogP contribution in [0.5, 0.6) is 0 Å². The van der Waals surface area contributed by atoms with Crippen molar-refractivity contribution in [3.05, 3.63) is 64.7 Å². The van der Waals surface area contributed by atoms with E-state index in [-0.39, 0.29) is 0 Å². The Morgan fingerprint density at radius 2 is 1.73 bits per heavy atom. The van der Waals surface area contributed by atoms with Gasteiger partial charge in [-0.25, -0.2) is 0 Å². The van der Waals surface area contributed by atoms with Gasteiger partial charge < -0.3 is 0 Å². The van der Waals surface area contributed by atoms with Crippen molar-refractivity contribution in [1.82, 2.24) is 0 Å². The zero-order valence-electron chi connectivity index (χ0n) is 14.0. The summed E-state index contributed by atoms with van der Waals surface area (Å²) in [6, 6.07) is 15.7. The summed E-state index contributed by atoms with van der Waals surface area (Å²) in [6.45, 7) is 6.89. The fourth-order valence-electron chi connectivity index (χ4n) is 3.48. The van der Waals surface area contributed by atoms with E-state index in [4.69, 9.17) is 0 Å². The Labute approximate surface area is 134 Å². The zero-order chi connectivity index (χ0) is 15.5. The summed E-state index contributed by atoms with van der Waals surface area (Å²) < 4.78 is 0. The van der Waals surface area contributed by atoms with E-state index in [9.17, 15) is 0 Å². The highest BCUT2D eigenvalue weighted by molar-refractivity contribution is 5.82. The lowest BCUT2D eigenvalue weighted by Gasteiger charge is -2.12. The van der Waals surface area contributed by atoms with E-state index in [1.54, 1.807) is 5.57 Å². The molecule has 0 radical (unpaired) electrons. The normalized spacial score (nSPS) is 14.6.